The molecule has 0 aliphatic carbocycles. The standard InChI is InChI=1S/C18H24ClN3O3/c1-12-11-21(9-7-20-12)18(24)15-4-3-8-22(15)17(23)14-10-13(19)5-6-16(14)25-2/h5-6,10,12,15,20H,3-4,7-9,11H2,1-2H3. The molecule has 1 N–H and O–H groups in total. The van der Waals surface area contributed by atoms with Gasteiger partial charge in [-0.1, -0.05) is 11.6 Å². The number of nitrogens with zero attached hydrogens (tertiary/aromatic N) is 2. The highest BCUT2D eigenvalue weighted by atomic mass is 35.5. The van der Waals surface area contributed by atoms with Crippen LogP contribution in [0.2, 0.25) is 5.02 Å². The number of carbonyl (C=O) groups is 2. The Bertz CT molecular complexity index is 667. The van der Waals surface area contributed by atoms with E-state index in [1.807, 2.05) is 4.90 Å². The van der Waals surface area contributed by atoms with E-state index in [4.69, 9.17) is 16.3 Å². The summed E-state index contributed by atoms with van der Waals surface area (Å²) in [5.74, 6) is 0.321. The van der Waals surface area contributed by atoms with E-state index in [0.29, 0.717) is 42.4 Å². The highest BCUT2D eigenvalue weighted by Crippen LogP contribution is 2.28. The third-order valence-corrected chi connectivity index (χ3v) is 5.11. The van der Waals surface area contributed by atoms with E-state index in [1.54, 1.807) is 23.1 Å². The van der Waals surface area contributed by atoms with Crippen molar-refractivity contribution in [3.05, 3.63) is 28.8 Å². The maximum atomic E-state index is 13.0. The molecule has 2 aliphatic heterocycles. The molecule has 0 spiro atoms. The van der Waals surface area contributed by atoms with Crippen LogP contribution in [0.3, 0.4) is 0 Å². The Morgan fingerprint density at radius 3 is 2.84 bits per heavy atom. The van der Waals surface area contributed by atoms with Crippen molar-refractivity contribution in [3.8, 4) is 5.75 Å². The number of rotatable bonds is 3. The Labute approximate surface area is 153 Å². The van der Waals surface area contributed by atoms with Crippen molar-refractivity contribution in [1.82, 2.24) is 15.1 Å². The average Bonchev–Trinajstić information content (AvgIpc) is 3.10. The summed E-state index contributed by atoms with van der Waals surface area (Å²) in [7, 11) is 1.52. The highest BCUT2D eigenvalue weighted by Gasteiger charge is 2.38. The lowest BCUT2D eigenvalue weighted by Gasteiger charge is -2.35. The number of amides is 2. The van der Waals surface area contributed by atoms with Crippen LogP contribution in [-0.4, -0.2) is 67.0 Å². The summed E-state index contributed by atoms with van der Waals surface area (Å²) in [6.45, 7) is 4.79. The van der Waals surface area contributed by atoms with Crippen LogP contribution in [-0.2, 0) is 4.79 Å². The first-order chi connectivity index (χ1) is 12.0. The largest absolute Gasteiger partial charge is 0.496 e. The van der Waals surface area contributed by atoms with Crippen molar-refractivity contribution in [1.29, 1.82) is 0 Å². The van der Waals surface area contributed by atoms with Gasteiger partial charge in [-0.3, -0.25) is 9.59 Å². The van der Waals surface area contributed by atoms with Crippen LogP contribution in [0.25, 0.3) is 0 Å². The van der Waals surface area contributed by atoms with Crippen molar-refractivity contribution < 1.29 is 14.3 Å². The van der Waals surface area contributed by atoms with Crippen LogP contribution >= 0.6 is 11.6 Å². The van der Waals surface area contributed by atoms with Gasteiger partial charge in [-0.15, -0.1) is 0 Å². The number of carbonyl (C=O) groups excluding carboxylic acids is 2. The fraction of sp³-hybridized carbons (Fsp3) is 0.556. The predicted molar refractivity (Wildman–Crippen MR) is 96.1 cm³/mol. The molecule has 7 heteroatoms. The topological polar surface area (TPSA) is 61.9 Å². The molecule has 2 amide bonds. The number of methoxy groups -OCH3 is 1. The molecule has 2 fully saturated rings. The predicted octanol–water partition coefficient (Wildman–Crippen LogP) is 1.77. The molecule has 2 heterocycles. The molecule has 0 radical (unpaired) electrons. The fourth-order valence-electron chi connectivity index (χ4n) is 3.61. The molecule has 1 aromatic rings. The van der Waals surface area contributed by atoms with E-state index in [9.17, 15) is 9.59 Å². The molecule has 136 valence electrons. The minimum absolute atomic E-state index is 0.0418. The third kappa shape index (κ3) is 3.75. The van der Waals surface area contributed by atoms with E-state index >= 15 is 0 Å². The number of hydrogen-bond acceptors (Lipinski definition) is 4. The Morgan fingerprint density at radius 1 is 1.32 bits per heavy atom. The summed E-state index contributed by atoms with van der Waals surface area (Å²) in [5, 5.41) is 3.81. The zero-order valence-electron chi connectivity index (χ0n) is 14.6. The monoisotopic (exact) mass is 365 g/mol. The summed E-state index contributed by atoms with van der Waals surface area (Å²) < 4.78 is 5.30. The van der Waals surface area contributed by atoms with Gasteiger partial charge in [0, 0.05) is 37.2 Å². The molecule has 0 bridgehead atoms. The quantitative estimate of drug-likeness (QED) is 0.886. The van der Waals surface area contributed by atoms with Crippen LogP contribution in [0.15, 0.2) is 18.2 Å². The Morgan fingerprint density at radius 2 is 2.12 bits per heavy atom. The van der Waals surface area contributed by atoms with Gasteiger partial charge < -0.3 is 19.9 Å². The lowest BCUT2D eigenvalue weighted by molar-refractivity contribution is -0.136. The van der Waals surface area contributed by atoms with E-state index in [-0.39, 0.29) is 17.9 Å². The number of piperazine rings is 1. The average molecular weight is 366 g/mol. The summed E-state index contributed by atoms with van der Waals surface area (Å²) >= 11 is 6.05. The molecule has 2 saturated heterocycles. The van der Waals surface area contributed by atoms with Crippen molar-refractivity contribution >= 4 is 23.4 Å². The molecular formula is C18H24ClN3O3. The van der Waals surface area contributed by atoms with Crippen LogP contribution in [0, 0.1) is 0 Å². The first kappa shape index (κ1) is 18.0. The van der Waals surface area contributed by atoms with Crippen LogP contribution in [0.1, 0.15) is 30.1 Å². The van der Waals surface area contributed by atoms with Crippen LogP contribution in [0.5, 0.6) is 5.75 Å². The molecule has 25 heavy (non-hydrogen) atoms. The van der Waals surface area contributed by atoms with E-state index in [2.05, 4.69) is 12.2 Å². The van der Waals surface area contributed by atoms with Gasteiger partial charge in [-0.05, 0) is 38.0 Å². The minimum atomic E-state index is -0.401. The van der Waals surface area contributed by atoms with Gasteiger partial charge in [0.05, 0.1) is 12.7 Å². The number of hydrogen-bond donors (Lipinski definition) is 1. The van der Waals surface area contributed by atoms with Gasteiger partial charge in [-0.25, -0.2) is 0 Å². The molecule has 0 aromatic heterocycles. The molecule has 2 aliphatic rings. The number of halogens is 1. The van der Waals surface area contributed by atoms with Crippen molar-refractivity contribution in [2.75, 3.05) is 33.3 Å². The second kappa shape index (κ2) is 7.62. The van der Waals surface area contributed by atoms with Gasteiger partial charge in [0.15, 0.2) is 0 Å². The van der Waals surface area contributed by atoms with Gasteiger partial charge in [-0.2, -0.15) is 0 Å². The second-order valence-corrected chi connectivity index (χ2v) is 7.08. The minimum Gasteiger partial charge on any atom is -0.496 e. The van der Waals surface area contributed by atoms with Crippen molar-refractivity contribution in [2.45, 2.75) is 31.8 Å². The summed E-state index contributed by atoms with van der Waals surface area (Å²) in [6.07, 6.45) is 1.53. The Kier molecular flexibility index (Phi) is 5.49. The smallest absolute Gasteiger partial charge is 0.258 e. The molecule has 0 saturated carbocycles. The maximum Gasteiger partial charge on any atom is 0.258 e. The van der Waals surface area contributed by atoms with Gasteiger partial charge in [0.1, 0.15) is 11.8 Å². The van der Waals surface area contributed by atoms with Gasteiger partial charge in [0.2, 0.25) is 5.91 Å². The van der Waals surface area contributed by atoms with E-state index in [1.165, 1.54) is 7.11 Å². The SMILES string of the molecule is COc1ccc(Cl)cc1C(=O)N1CCCC1C(=O)N1CCNC(C)C1. The second-order valence-electron chi connectivity index (χ2n) is 6.64. The summed E-state index contributed by atoms with van der Waals surface area (Å²) in [5.41, 5.74) is 0.406. The Balaban J connectivity index is 1.80. The molecule has 1 aromatic carbocycles. The van der Waals surface area contributed by atoms with Crippen molar-refractivity contribution in [2.24, 2.45) is 0 Å². The fourth-order valence-corrected chi connectivity index (χ4v) is 3.78. The number of nitrogens with one attached hydrogen (secondary N) is 1. The lowest BCUT2D eigenvalue weighted by atomic mass is 10.1. The van der Waals surface area contributed by atoms with Crippen LogP contribution in [0.4, 0.5) is 0 Å². The Hall–Kier alpha value is -1.79. The van der Waals surface area contributed by atoms with Gasteiger partial charge >= 0.3 is 0 Å². The number of benzene rings is 1. The van der Waals surface area contributed by atoms with E-state index < -0.39 is 6.04 Å². The summed E-state index contributed by atoms with van der Waals surface area (Å²) in [4.78, 5) is 29.5. The first-order valence-corrected chi connectivity index (χ1v) is 9.05. The molecule has 2 atom stereocenters. The third-order valence-electron chi connectivity index (χ3n) is 4.87. The van der Waals surface area contributed by atoms with Crippen LogP contribution < -0.4 is 10.1 Å². The zero-order valence-corrected chi connectivity index (χ0v) is 15.4. The van der Waals surface area contributed by atoms with Crippen molar-refractivity contribution in [3.63, 3.8) is 0 Å². The normalized spacial score (nSPS) is 23.6. The number of likely N-dealkylation sites (tertiary alicyclic amines) is 1. The zero-order chi connectivity index (χ0) is 18.0. The summed E-state index contributed by atoms with van der Waals surface area (Å²) in [6, 6.07) is 4.85. The molecular weight excluding hydrogens is 342 g/mol. The first-order valence-electron chi connectivity index (χ1n) is 8.68. The molecule has 3 rings (SSSR count). The van der Waals surface area contributed by atoms with Gasteiger partial charge in [0.25, 0.3) is 5.91 Å². The number of ether oxygens (including phenoxy) is 1. The highest BCUT2D eigenvalue weighted by molar-refractivity contribution is 6.31. The van der Waals surface area contributed by atoms with E-state index in [0.717, 1.165) is 13.0 Å². The maximum absolute atomic E-state index is 13.0. The lowest BCUT2D eigenvalue weighted by Crippen LogP contribution is -2.56. The molecule has 6 nitrogen and oxygen atoms in total. The molecule has 2 unspecified atom stereocenters.